The molecule has 0 spiro atoms. The van der Waals surface area contributed by atoms with Crippen LogP contribution in [-0.4, -0.2) is 31.2 Å². The smallest absolute Gasteiger partial charge is 0.306 e. The van der Waals surface area contributed by atoms with Crippen LogP contribution in [0.2, 0.25) is 0 Å². The van der Waals surface area contributed by atoms with E-state index in [4.69, 9.17) is 0 Å². The number of sulfonamides is 1. The SMILES string of the molecule is O=C(Nc1ccc(N2C(=O)Cc3ccc(C(F)(F)F)cc3C2=O)nc1)NS(=O)(=O)c1ccc(F)s1. The van der Waals surface area contributed by atoms with Crippen molar-refractivity contribution in [1.29, 1.82) is 0 Å². The van der Waals surface area contributed by atoms with Gasteiger partial charge in [-0.05, 0) is 42.0 Å². The largest absolute Gasteiger partial charge is 0.416 e. The first kappa shape index (κ1) is 24.3. The van der Waals surface area contributed by atoms with Crippen molar-refractivity contribution in [3.63, 3.8) is 0 Å². The molecular weight excluding hydrogens is 516 g/mol. The zero-order valence-corrected chi connectivity index (χ0v) is 18.7. The zero-order valence-electron chi connectivity index (χ0n) is 17.1. The molecule has 4 amide bonds. The minimum absolute atomic E-state index is 0.0320. The van der Waals surface area contributed by atoms with E-state index in [1.54, 1.807) is 4.72 Å². The van der Waals surface area contributed by atoms with E-state index >= 15 is 0 Å². The Morgan fingerprint density at radius 3 is 2.43 bits per heavy atom. The molecule has 35 heavy (non-hydrogen) atoms. The third kappa shape index (κ3) is 5.00. The molecule has 2 N–H and O–H groups in total. The summed E-state index contributed by atoms with van der Waals surface area (Å²) in [5, 5.41) is 1.41. The van der Waals surface area contributed by atoms with Gasteiger partial charge in [0.2, 0.25) is 5.91 Å². The molecule has 0 radical (unpaired) electrons. The molecule has 9 nitrogen and oxygen atoms in total. The van der Waals surface area contributed by atoms with Crippen molar-refractivity contribution in [2.45, 2.75) is 16.8 Å². The van der Waals surface area contributed by atoms with Crippen LogP contribution in [0.5, 0.6) is 0 Å². The Balaban J connectivity index is 1.50. The van der Waals surface area contributed by atoms with Gasteiger partial charge >= 0.3 is 12.2 Å². The van der Waals surface area contributed by atoms with Crippen molar-refractivity contribution in [2.75, 3.05) is 10.2 Å². The Morgan fingerprint density at radius 2 is 1.83 bits per heavy atom. The molecule has 4 rings (SSSR count). The molecule has 2 aromatic heterocycles. The minimum Gasteiger partial charge on any atom is -0.306 e. The third-order valence-corrected chi connectivity index (χ3v) is 7.43. The van der Waals surface area contributed by atoms with E-state index in [1.165, 1.54) is 6.07 Å². The molecule has 182 valence electrons. The molecule has 0 fully saturated rings. The number of halogens is 4. The number of urea groups is 1. The highest BCUT2D eigenvalue weighted by Gasteiger charge is 2.37. The summed E-state index contributed by atoms with van der Waals surface area (Å²) in [4.78, 5) is 41.8. The van der Waals surface area contributed by atoms with Crippen molar-refractivity contribution in [3.05, 3.63) is 70.5 Å². The van der Waals surface area contributed by atoms with E-state index in [-0.39, 0.29) is 29.1 Å². The van der Waals surface area contributed by atoms with E-state index in [1.807, 2.05) is 0 Å². The van der Waals surface area contributed by atoms with Crippen LogP contribution in [0.3, 0.4) is 0 Å². The number of thiophene rings is 1. The quantitative estimate of drug-likeness (QED) is 0.394. The number of anilines is 2. The monoisotopic (exact) mass is 528 g/mol. The molecule has 0 bridgehead atoms. The predicted molar refractivity (Wildman–Crippen MR) is 115 cm³/mol. The Labute approximate surface area is 198 Å². The number of hydrogen-bond donors (Lipinski definition) is 2. The van der Waals surface area contributed by atoms with Gasteiger partial charge < -0.3 is 5.32 Å². The number of nitrogens with zero attached hydrogens (tertiary/aromatic N) is 2. The number of benzene rings is 1. The number of hydrogen-bond acceptors (Lipinski definition) is 7. The molecule has 1 aliphatic rings. The summed E-state index contributed by atoms with van der Waals surface area (Å²) in [7, 11) is -4.32. The summed E-state index contributed by atoms with van der Waals surface area (Å²) < 4.78 is 77.6. The Bertz CT molecular complexity index is 1450. The van der Waals surface area contributed by atoms with E-state index in [0.717, 1.165) is 36.5 Å². The summed E-state index contributed by atoms with van der Waals surface area (Å²) in [6.07, 6.45) is -4.00. The van der Waals surface area contributed by atoms with Crippen LogP contribution in [0, 0.1) is 5.13 Å². The van der Waals surface area contributed by atoms with Crippen LogP contribution in [0.4, 0.5) is 33.9 Å². The predicted octanol–water partition coefficient (Wildman–Crippen LogP) is 3.54. The van der Waals surface area contributed by atoms with E-state index < -0.39 is 48.9 Å². The van der Waals surface area contributed by atoms with Gasteiger partial charge in [0.05, 0.1) is 23.9 Å². The van der Waals surface area contributed by atoms with Crippen molar-refractivity contribution in [3.8, 4) is 0 Å². The molecule has 0 saturated carbocycles. The fraction of sp³-hybridized carbons (Fsp3) is 0.100. The van der Waals surface area contributed by atoms with Gasteiger partial charge in [-0.3, -0.25) is 9.59 Å². The van der Waals surface area contributed by atoms with Crippen molar-refractivity contribution >= 4 is 50.7 Å². The number of aromatic nitrogens is 1. The van der Waals surface area contributed by atoms with Crippen LogP contribution in [0.15, 0.2) is 52.9 Å². The summed E-state index contributed by atoms with van der Waals surface area (Å²) >= 11 is 0.317. The number of rotatable bonds is 4. The van der Waals surface area contributed by atoms with Gasteiger partial charge in [-0.2, -0.15) is 17.6 Å². The number of pyridine rings is 1. The second kappa shape index (κ2) is 8.74. The number of carbonyl (C=O) groups is 3. The molecule has 3 aromatic rings. The Kier molecular flexibility index (Phi) is 6.06. The first-order valence-corrected chi connectivity index (χ1v) is 11.8. The molecule has 1 aromatic carbocycles. The van der Waals surface area contributed by atoms with E-state index in [2.05, 4.69) is 10.3 Å². The van der Waals surface area contributed by atoms with Crippen LogP contribution < -0.4 is 14.9 Å². The summed E-state index contributed by atoms with van der Waals surface area (Å²) in [5.41, 5.74) is -1.22. The van der Waals surface area contributed by atoms with Crippen molar-refractivity contribution in [2.24, 2.45) is 0 Å². The molecular formula is C20H12F4N4O5S2. The summed E-state index contributed by atoms with van der Waals surface area (Å²) in [6, 6.07) is 5.58. The zero-order chi connectivity index (χ0) is 25.5. The van der Waals surface area contributed by atoms with Gasteiger partial charge in [0.1, 0.15) is 10.0 Å². The van der Waals surface area contributed by atoms with E-state index in [9.17, 15) is 40.4 Å². The minimum atomic E-state index is -4.68. The van der Waals surface area contributed by atoms with Gasteiger partial charge in [0.25, 0.3) is 15.9 Å². The van der Waals surface area contributed by atoms with Crippen LogP contribution in [-0.2, 0) is 27.4 Å². The third-order valence-electron chi connectivity index (χ3n) is 4.74. The lowest BCUT2D eigenvalue weighted by molar-refractivity contribution is -0.137. The highest BCUT2D eigenvalue weighted by Crippen LogP contribution is 2.33. The van der Waals surface area contributed by atoms with Crippen molar-refractivity contribution < 1.29 is 40.4 Å². The number of alkyl halides is 3. The van der Waals surface area contributed by atoms with Crippen molar-refractivity contribution in [1.82, 2.24) is 9.71 Å². The topological polar surface area (TPSA) is 126 Å². The average molecular weight is 528 g/mol. The lowest BCUT2D eigenvalue weighted by atomic mass is 9.96. The van der Waals surface area contributed by atoms with Crippen LogP contribution in [0.25, 0.3) is 0 Å². The lowest BCUT2D eigenvalue weighted by Crippen LogP contribution is -2.43. The van der Waals surface area contributed by atoms with E-state index in [0.29, 0.717) is 22.3 Å². The fourth-order valence-corrected chi connectivity index (χ4v) is 5.09. The number of fused-ring (bicyclic) bond motifs is 1. The molecule has 3 heterocycles. The average Bonchev–Trinajstić information content (AvgIpc) is 3.21. The molecule has 1 aliphatic heterocycles. The van der Waals surface area contributed by atoms with Gasteiger partial charge in [-0.15, -0.1) is 0 Å². The normalized spacial score (nSPS) is 14.0. The standard InChI is InChI=1S/C20H12F4N4O5S2/c21-14-4-6-17(34-14)35(32,33)27-19(31)26-12-3-5-15(25-9-12)28-16(29)7-10-1-2-11(20(22,23)24)8-13(10)18(28)30/h1-6,8-9H,7H2,(H2,26,27,31). The number of imide groups is 1. The Hall–Kier alpha value is -3.85. The van der Waals surface area contributed by atoms with Gasteiger partial charge in [-0.1, -0.05) is 17.4 Å². The van der Waals surface area contributed by atoms with Gasteiger partial charge in [0.15, 0.2) is 5.13 Å². The van der Waals surface area contributed by atoms with Gasteiger partial charge in [0, 0.05) is 5.56 Å². The fourth-order valence-electron chi connectivity index (χ4n) is 3.18. The van der Waals surface area contributed by atoms with Gasteiger partial charge in [-0.25, -0.2) is 27.8 Å². The first-order valence-electron chi connectivity index (χ1n) is 9.48. The van der Waals surface area contributed by atoms with Crippen LogP contribution in [0.1, 0.15) is 21.5 Å². The molecule has 0 unspecified atom stereocenters. The maximum Gasteiger partial charge on any atom is 0.416 e. The Morgan fingerprint density at radius 1 is 1.09 bits per heavy atom. The maximum absolute atomic E-state index is 13.1. The first-order chi connectivity index (χ1) is 16.3. The number of nitrogens with one attached hydrogen (secondary N) is 2. The second-order valence-electron chi connectivity index (χ2n) is 7.10. The molecule has 15 heteroatoms. The van der Waals surface area contributed by atoms with Crippen LogP contribution >= 0.6 is 11.3 Å². The molecule has 0 saturated heterocycles. The number of amides is 4. The summed E-state index contributed by atoms with van der Waals surface area (Å²) in [5.74, 6) is -1.93. The molecule has 0 atom stereocenters. The lowest BCUT2D eigenvalue weighted by Gasteiger charge is -2.26. The highest BCUT2D eigenvalue weighted by atomic mass is 32.2. The second-order valence-corrected chi connectivity index (χ2v) is 10.0. The molecule has 0 aliphatic carbocycles. The summed E-state index contributed by atoms with van der Waals surface area (Å²) in [6.45, 7) is 0. The number of carbonyl (C=O) groups excluding carboxylic acids is 3. The highest BCUT2D eigenvalue weighted by molar-refractivity contribution is 7.92. The maximum atomic E-state index is 13.1.